The first kappa shape index (κ1) is 21.4. The summed E-state index contributed by atoms with van der Waals surface area (Å²) < 4.78 is 23.8. The van der Waals surface area contributed by atoms with Crippen LogP contribution in [0.3, 0.4) is 0 Å². The Balaban J connectivity index is 1.51. The van der Waals surface area contributed by atoms with Gasteiger partial charge in [-0.15, -0.1) is 0 Å². The topological polar surface area (TPSA) is 67.9 Å². The molecule has 1 heterocycles. The van der Waals surface area contributed by atoms with Crippen LogP contribution in [0.2, 0.25) is 0 Å². The van der Waals surface area contributed by atoms with Crippen molar-refractivity contribution in [2.45, 2.75) is 13.0 Å². The summed E-state index contributed by atoms with van der Waals surface area (Å²) in [6, 6.07) is 16.2. The highest BCUT2D eigenvalue weighted by Crippen LogP contribution is 2.31. The summed E-state index contributed by atoms with van der Waals surface area (Å²) >= 11 is 0. The summed E-state index contributed by atoms with van der Waals surface area (Å²) in [5.74, 6) is 0.440. The number of benzene rings is 3. The smallest absolute Gasteiger partial charge is 0.258 e. The normalized spacial score (nSPS) is 12.3. The average Bonchev–Trinajstić information content (AvgIpc) is 3.25. The SMILES string of the molecule is COc1ccc(OC)c(CNC(=O)c2ccc3c(c2)N(C(=O)c2ccc(F)cc2)CC3)c1. The molecule has 6 nitrogen and oxygen atoms in total. The van der Waals surface area contributed by atoms with Gasteiger partial charge in [0.2, 0.25) is 0 Å². The number of ether oxygens (including phenoxy) is 2. The molecule has 0 saturated heterocycles. The van der Waals surface area contributed by atoms with Crippen molar-refractivity contribution in [1.29, 1.82) is 0 Å². The highest BCUT2D eigenvalue weighted by atomic mass is 19.1. The van der Waals surface area contributed by atoms with Crippen LogP contribution in [0.15, 0.2) is 60.7 Å². The van der Waals surface area contributed by atoms with E-state index in [0.717, 1.165) is 11.1 Å². The van der Waals surface area contributed by atoms with Gasteiger partial charge in [-0.25, -0.2) is 4.39 Å². The van der Waals surface area contributed by atoms with E-state index >= 15 is 0 Å². The first-order valence-corrected chi connectivity index (χ1v) is 10.2. The number of hydrogen-bond donors (Lipinski definition) is 1. The molecule has 0 spiro atoms. The molecule has 164 valence electrons. The highest BCUT2D eigenvalue weighted by molar-refractivity contribution is 6.08. The van der Waals surface area contributed by atoms with E-state index in [2.05, 4.69) is 5.32 Å². The molecule has 2 amide bonds. The lowest BCUT2D eigenvalue weighted by Crippen LogP contribution is -2.29. The molecule has 3 aromatic carbocycles. The van der Waals surface area contributed by atoms with Crippen LogP contribution in [0.4, 0.5) is 10.1 Å². The molecule has 0 unspecified atom stereocenters. The van der Waals surface area contributed by atoms with E-state index in [1.165, 1.54) is 24.3 Å². The van der Waals surface area contributed by atoms with E-state index in [1.54, 1.807) is 43.4 Å². The van der Waals surface area contributed by atoms with Crippen molar-refractivity contribution in [2.24, 2.45) is 0 Å². The summed E-state index contributed by atoms with van der Waals surface area (Å²) in [4.78, 5) is 27.4. The molecule has 32 heavy (non-hydrogen) atoms. The Morgan fingerprint density at radius 3 is 2.44 bits per heavy atom. The standard InChI is InChI=1S/C25H23FN2O4/c1-31-21-9-10-23(32-2)19(13-21)15-27-24(29)18-4-3-16-11-12-28(22(16)14-18)25(30)17-5-7-20(26)8-6-17/h3-10,13-14H,11-12,15H2,1-2H3,(H,27,29). The number of halogens is 1. The maximum atomic E-state index is 13.2. The van der Waals surface area contributed by atoms with Gasteiger partial charge in [0.1, 0.15) is 17.3 Å². The van der Waals surface area contributed by atoms with Crippen LogP contribution < -0.4 is 19.7 Å². The number of amides is 2. The fraction of sp³-hybridized carbons (Fsp3) is 0.200. The number of nitrogens with zero attached hydrogens (tertiary/aromatic N) is 1. The molecule has 0 aromatic heterocycles. The summed E-state index contributed by atoms with van der Waals surface area (Å²) in [6.07, 6.45) is 0.700. The third-order valence-corrected chi connectivity index (χ3v) is 5.51. The Kier molecular flexibility index (Phi) is 6.07. The van der Waals surface area contributed by atoms with E-state index in [0.29, 0.717) is 41.3 Å². The number of hydrogen-bond acceptors (Lipinski definition) is 4. The van der Waals surface area contributed by atoms with Gasteiger partial charge in [0.15, 0.2) is 0 Å². The van der Waals surface area contributed by atoms with Gasteiger partial charge >= 0.3 is 0 Å². The molecule has 0 bridgehead atoms. The lowest BCUT2D eigenvalue weighted by atomic mass is 10.1. The number of rotatable bonds is 6. The van der Waals surface area contributed by atoms with Crippen molar-refractivity contribution in [3.8, 4) is 11.5 Å². The molecule has 0 atom stereocenters. The van der Waals surface area contributed by atoms with E-state index < -0.39 is 5.82 Å². The van der Waals surface area contributed by atoms with Crippen molar-refractivity contribution in [1.82, 2.24) is 5.32 Å². The van der Waals surface area contributed by atoms with Gasteiger partial charge in [-0.3, -0.25) is 9.59 Å². The predicted molar refractivity (Wildman–Crippen MR) is 119 cm³/mol. The Hall–Kier alpha value is -3.87. The lowest BCUT2D eigenvalue weighted by Gasteiger charge is -2.18. The van der Waals surface area contributed by atoms with E-state index in [9.17, 15) is 14.0 Å². The molecule has 1 aliphatic heterocycles. The second-order valence-corrected chi connectivity index (χ2v) is 7.42. The summed E-state index contributed by atoms with van der Waals surface area (Å²) in [7, 11) is 3.15. The van der Waals surface area contributed by atoms with Crippen molar-refractivity contribution >= 4 is 17.5 Å². The Morgan fingerprint density at radius 1 is 0.969 bits per heavy atom. The van der Waals surface area contributed by atoms with Crippen molar-refractivity contribution < 1.29 is 23.5 Å². The number of carbonyl (C=O) groups excluding carboxylic acids is 2. The molecule has 4 rings (SSSR count). The van der Waals surface area contributed by atoms with Gasteiger partial charge in [0.25, 0.3) is 11.8 Å². The van der Waals surface area contributed by atoms with E-state index in [1.807, 2.05) is 12.1 Å². The fourth-order valence-electron chi connectivity index (χ4n) is 3.78. The van der Waals surface area contributed by atoms with Crippen LogP contribution in [-0.4, -0.2) is 32.6 Å². The van der Waals surface area contributed by atoms with Gasteiger partial charge in [-0.1, -0.05) is 6.07 Å². The zero-order valence-electron chi connectivity index (χ0n) is 17.9. The molecule has 0 aliphatic carbocycles. The van der Waals surface area contributed by atoms with Crippen molar-refractivity contribution in [3.05, 3.63) is 88.7 Å². The summed E-state index contributed by atoms with van der Waals surface area (Å²) in [6.45, 7) is 0.770. The fourth-order valence-corrected chi connectivity index (χ4v) is 3.78. The maximum absolute atomic E-state index is 13.2. The molecule has 1 aliphatic rings. The van der Waals surface area contributed by atoms with Gasteiger partial charge in [-0.2, -0.15) is 0 Å². The number of methoxy groups -OCH3 is 2. The van der Waals surface area contributed by atoms with Gasteiger partial charge < -0.3 is 19.7 Å². The Bertz CT molecular complexity index is 1160. The van der Waals surface area contributed by atoms with Gasteiger partial charge in [0, 0.05) is 35.5 Å². The molecular formula is C25H23FN2O4. The lowest BCUT2D eigenvalue weighted by molar-refractivity contribution is 0.0948. The number of nitrogens with one attached hydrogen (secondary N) is 1. The Labute approximate surface area is 185 Å². The largest absolute Gasteiger partial charge is 0.497 e. The molecule has 0 saturated carbocycles. The average molecular weight is 434 g/mol. The molecule has 3 aromatic rings. The zero-order chi connectivity index (χ0) is 22.7. The highest BCUT2D eigenvalue weighted by Gasteiger charge is 2.26. The summed E-state index contributed by atoms with van der Waals surface area (Å²) in [5, 5.41) is 2.89. The zero-order valence-corrected chi connectivity index (χ0v) is 17.9. The van der Waals surface area contributed by atoms with Gasteiger partial charge in [-0.05, 0) is 66.6 Å². The van der Waals surface area contributed by atoms with E-state index in [-0.39, 0.29) is 18.4 Å². The monoisotopic (exact) mass is 434 g/mol. The minimum Gasteiger partial charge on any atom is -0.497 e. The third kappa shape index (κ3) is 4.27. The molecule has 0 fully saturated rings. The molecule has 7 heteroatoms. The van der Waals surface area contributed by atoms with Crippen LogP contribution in [0.5, 0.6) is 11.5 Å². The minimum absolute atomic E-state index is 0.220. The first-order chi connectivity index (χ1) is 15.5. The maximum Gasteiger partial charge on any atom is 0.258 e. The van der Waals surface area contributed by atoms with Crippen LogP contribution in [-0.2, 0) is 13.0 Å². The Morgan fingerprint density at radius 2 is 1.72 bits per heavy atom. The number of anilines is 1. The molecule has 0 radical (unpaired) electrons. The molecule has 1 N–H and O–H groups in total. The quantitative estimate of drug-likeness (QED) is 0.637. The van der Waals surface area contributed by atoms with Crippen LogP contribution in [0, 0.1) is 5.82 Å². The van der Waals surface area contributed by atoms with Gasteiger partial charge in [0.05, 0.1) is 14.2 Å². The van der Waals surface area contributed by atoms with E-state index in [4.69, 9.17) is 9.47 Å². The third-order valence-electron chi connectivity index (χ3n) is 5.51. The van der Waals surface area contributed by atoms with Crippen molar-refractivity contribution in [3.63, 3.8) is 0 Å². The number of carbonyl (C=O) groups is 2. The predicted octanol–water partition coefficient (Wildman–Crippen LogP) is 3.98. The van der Waals surface area contributed by atoms with Crippen LogP contribution in [0.25, 0.3) is 0 Å². The summed E-state index contributed by atoms with van der Waals surface area (Å²) in [5.41, 5.74) is 3.33. The number of fused-ring (bicyclic) bond motifs is 1. The minimum atomic E-state index is -0.394. The first-order valence-electron chi connectivity index (χ1n) is 10.2. The second-order valence-electron chi connectivity index (χ2n) is 7.42. The van der Waals surface area contributed by atoms with Crippen molar-refractivity contribution in [2.75, 3.05) is 25.7 Å². The second kappa shape index (κ2) is 9.09. The molecular weight excluding hydrogens is 411 g/mol. The van der Waals surface area contributed by atoms with Crippen LogP contribution in [0.1, 0.15) is 31.8 Å². The van der Waals surface area contributed by atoms with Crippen LogP contribution >= 0.6 is 0 Å².